The molecule has 8 nitrogen and oxygen atoms in total. The van der Waals surface area contributed by atoms with E-state index in [1.165, 1.54) is 0 Å². The molecule has 0 spiro atoms. The maximum atomic E-state index is 11.9. The topological polar surface area (TPSA) is 90.6 Å². The second kappa shape index (κ2) is 7.61. The molecule has 8 heteroatoms. The molecule has 1 aromatic carbocycles. The molecule has 142 valence electrons. The summed E-state index contributed by atoms with van der Waals surface area (Å²) in [4.78, 5) is 11.9. The zero-order chi connectivity index (χ0) is 19.4. The number of rotatable bonds is 6. The molecule has 2 aromatic heterocycles. The molecule has 1 amide bonds. The van der Waals surface area contributed by atoms with Crippen LogP contribution in [0.3, 0.4) is 0 Å². The maximum absolute atomic E-state index is 11.9. The summed E-state index contributed by atoms with van der Waals surface area (Å²) in [5, 5.41) is 15.6. The maximum Gasteiger partial charge on any atom is 0.231 e. The standard InChI is InChI=1S/C19H23N5O3/c1-19(2,3)18(25)20-11-12-27-16-10-9-15-21-22-17(24(15)23-16)13-5-7-14(26-4)8-6-13/h5-10H,11-12H2,1-4H3,(H,20,25). The normalized spacial score (nSPS) is 11.4. The Kier molecular flexibility index (Phi) is 5.25. The van der Waals surface area contributed by atoms with E-state index < -0.39 is 5.41 Å². The van der Waals surface area contributed by atoms with Crippen LogP contribution in [0.25, 0.3) is 17.0 Å². The Morgan fingerprint density at radius 1 is 1.11 bits per heavy atom. The zero-order valence-corrected chi connectivity index (χ0v) is 15.9. The van der Waals surface area contributed by atoms with Gasteiger partial charge in [-0.05, 0) is 30.3 Å². The summed E-state index contributed by atoms with van der Waals surface area (Å²) in [6.07, 6.45) is 0. The Hall–Kier alpha value is -3.16. The van der Waals surface area contributed by atoms with E-state index >= 15 is 0 Å². The van der Waals surface area contributed by atoms with Crippen molar-refractivity contribution in [1.29, 1.82) is 0 Å². The van der Waals surface area contributed by atoms with E-state index in [1.807, 2.05) is 45.0 Å². The molecule has 0 aliphatic heterocycles. The van der Waals surface area contributed by atoms with Crippen molar-refractivity contribution in [2.45, 2.75) is 20.8 Å². The van der Waals surface area contributed by atoms with Gasteiger partial charge in [0.2, 0.25) is 11.8 Å². The zero-order valence-electron chi connectivity index (χ0n) is 15.9. The Morgan fingerprint density at radius 3 is 2.52 bits per heavy atom. The van der Waals surface area contributed by atoms with Crippen molar-refractivity contribution in [3.05, 3.63) is 36.4 Å². The van der Waals surface area contributed by atoms with Crippen molar-refractivity contribution in [2.24, 2.45) is 5.41 Å². The molecule has 1 N–H and O–H groups in total. The first-order valence-corrected chi connectivity index (χ1v) is 8.66. The molecule has 0 fully saturated rings. The second-order valence-corrected chi connectivity index (χ2v) is 7.05. The fourth-order valence-corrected chi connectivity index (χ4v) is 2.35. The first-order valence-electron chi connectivity index (χ1n) is 8.66. The fraction of sp³-hybridized carbons (Fsp3) is 0.368. The lowest BCUT2D eigenvalue weighted by Crippen LogP contribution is -2.37. The van der Waals surface area contributed by atoms with Crippen LogP contribution in [0.2, 0.25) is 0 Å². The van der Waals surface area contributed by atoms with Gasteiger partial charge in [-0.3, -0.25) is 4.79 Å². The number of nitrogens with zero attached hydrogens (tertiary/aromatic N) is 4. The first kappa shape index (κ1) is 18.6. The van der Waals surface area contributed by atoms with Gasteiger partial charge in [0.05, 0.1) is 13.7 Å². The van der Waals surface area contributed by atoms with Crippen LogP contribution in [-0.2, 0) is 4.79 Å². The van der Waals surface area contributed by atoms with Gasteiger partial charge in [0.15, 0.2) is 11.5 Å². The van der Waals surface area contributed by atoms with E-state index in [4.69, 9.17) is 9.47 Å². The van der Waals surface area contributed by atoms with Crippen LogP contribution in [0.15, 0.2) is 36.4 Å². The van der Waals surface area contributed by atoms with Crippen LogP contribution in [0.4, 0.5) is 0 Å². The predicted octanol–water partition coefficient (Wildman–Crippen LogP) is 2.34. The molecule has 0 aliphatic carbocycles. The molecule has 3 rings (SSSR count). The van der Waals surface area contributed by atoms with E-state index in [2.05, 4.69) is 20.6 Å². The monoisotopic (exact) mass is 369 g/mol. The first-order chi connectivity index (χ1) is 12.9. The largest absolute Gasteiger partial charge is 0.497 e. The Morgan fingerprint density at radius 2 is 1.85 bits per heavy atom. The highest BCUT2D eigenvalue weighted by atomic mass is 16.5. The molecule has 0 radical (unpaired) electrons. The predicted molar refractivity (Wildman–Crippen MR) is 101 cm³/mol. The molecule has 27 heavy (non-hydrogen) atoms. The van der Waals surface area contributed by atoms with Crippen molar-refractivity contribution < 1.29 is 14.3 Å². The number of hydrogen-bond acceptors (Lipinski definition) is 6. The van der Waals surface area contributed by atoms with Crippen LogP contribution in [0.5, 0.6) is 11.6 Å². The van der Waals surface area contributed by atoms with E-state index in [1.54, 1.807) is 23.8 Å². The summed E-state index contributed by atoms with van der Waals surface area (Å²) in [5.41, 5.74) is 1.06. The number of carbonyl (C=O) groups excluding carboxylic acids is 1. The second-order valence-electron chi connectivity index (χ2n) is 7.05. The molecule has 2 heterocycles. The lowest BCUT2D eigenvalue weighted by Gasteiger charge is -2.17. The van der Waals surface area contributed by atoms with Crippen LogP contribution >= 0.6 is 0 Å². The Labute approximate surface area is 157 Å². The molecule has 0 atom stereocenters. The number of ether oxygens (including phenoxy) is 2. The number of amides is 1. The third kappa shape index (κ3) is 4.33. The molecule has 0 bridgehead atoms. The van der Waals surface area contributed by atoms with Gasteiger partial charge in [-0.1, -0.05) is 20.8 Å². The number of carbonyl (C=O) groups is 1. The van der Waals surface area contributed by atoms with E-state index in [-0.39, 0.29) is 5.91 Å². The van der Waals surface area contributed by atoms with Crippen molar-refractivity contribution >= 4 is 11.6 Å². The average molecular weight is 369 g/mol. The van der Waals surface area contributed by atoms with Crippen molar-refractivity contribution in [2.75, 3.05) is 20.3 Å². The van der Waals surface area contributed by atoms with Gasteiger partial charge in [0, 0.05) is 17.0 Å². The number of aromatic nitrogens is 4. The van der Waals surface area contributed by atoms with E-state index in [9.17, 15) is 4.79 Å². The van der Waals surface area contributed by atoms with Gasteiger partial charge >= 0.3 is 0 Å². The summed E-state index contributed by atoms with van der Waals surface area (Å²) >= 11 is 0. The van der Waals surface area contributed by atoms with Gasteiger partial charge in [-0.2, -0.15) is 4.52 Å². The van der Waals surface area contributed by atoms with Crippen molar-refractivity contribution in [3.63, 3.8) is 0 Å². The fourth-order valence-electron chi connectivity index (χ4n) is 2.35. The minimum absolute atomic E-state index is 0.0184. The average Bonchev–Trinajstić information content (AvgIpc) is 3.07. The van der Waals surface area contributed by atoms with Gasteiger partial charge in [0.1, 0.15) is 12.4 Å². The number of methoxy groups -OCH3 is 1. The van der Waals surface area contributed by atoms with Gasteiger partial charge in [0.25, 0.3) is 0 Å². The molecular weight excluding hydrogens is 346 g/mol. The highest BCUT2D eigenvalue weighted by Crippen LogP contribution is 2.21. The highest BCUT2D eigenvalue weighted by Gasteiger charge is 2.20. The van der Waals surface area contributed by atoms with Crippen LogP contribution in [-0.4, -0.2) is 46.0 Å². The van der Waals surface area contributed by atoms with E-state index in [0.29, 0.717) is 30.5 Å². The SMILES string of the molecule is COc1ccc(-c2nnc3ccc(OCCNC(=O)C(C)(C)C)nn23)cc1. The van der Waals surface area contributed by atoms with Crippen molar-refractivity contribution in [1.82, 2.24) is 25.1 Å². The summed E-state index contributed by atoms with van der Waals surface area (Å²) in [5.74, 6) is 1.79. The summed E-state index contributed by atoms with van der Waals surface area (Å²) < 4.78 is 12.5. The van der Waals surface area contributed by atoms with E-state index in [0.717, 1.165) is 11.3 Å². The molecule has 0 saturated heterocycles. The molecular formula is C19H23N5O3. The third-order valence-corrected chi connectivity index (χ3v) is 3.91. The number of hydrogen-bond donors (Lipinski definition) is 1. The Balaban J connectivity index is 1.70. The van der Waals surface area contributed by atoms with Gasteiger partial charge in [-0.25, -0.2) is 0 Å². The lowest BCUT2D eigenvalue weighted by atomic mass is 9.96. The molecule has 0 aliphatic rings. The summed E-state index contributed by atoms with van der Waals surface area (Å²) in [6.45, 7) is 6.33. The minimum atomic E-state index is -0.424. The minimum Gasteiger partial charge on any atom is -0.497 e. The van der Waals surface area contributed by atoms with Crippen LogP contribution in [0.1, 0.15) is 20.8 Å². The quantitative estimate of drug-likeness (QED) is 0.671. The van der Waals surface area contributed by atoms with Gasteiger partial charge < -0.3 is 14.8 Å². The summed E-state index contributed by atoms with van der Waals surface area (Å²) in [6, 6.07) is 11.0. The highest BCUT2D eigenvalue weighted by molar-refractivity contribution is 5.81. The molecule has 0 saturated carbocycles. The molecule has 3 aromatic rings. The van der Waals surface area contributed by atoms with Crippen LogP contribution in [0, 0.1) is 5.41 Å². The van der Waals surface area contributed by atoms with Gasteiger partial charge in [-0.15, -0.1) is 15.3 Å². The summed E-state index contributed by atoms with van der Waals surface area (Å²) in [7, 11) is 1.62. The molecule has 0 unspecified atom stereocenters. The van der Waals surface area contributed by atoms with Crippen molar-refractivity contribution in [3.8, 4) is 23.0 Å². The number of fused-ring (bicyclic) bond motifs is 1. The third-order valence-electron chi connectivity index (χ3n) is 3.91. The Bertz CT molecular complexity index is 929. The smallest absolute Gasteiger partial charge is 0.231 e. The number of nitrogens with one attached hydrogen (secondary N) is 1. The number of benzene rings is 1. The lowest BCUT2D eigenvalue weighted by molar-refractivity contribution is -0.128. The van der Waals surface area contributed by atoms with Crippen LogP contribution < -0.4 is 14.8 Å².